The van der Waals surface area contributed by atoms with Crippen LogP contribution in [0.3, 0.4) is 0 Å². The van der Waals surface area contributed by atoms with Crippen molar-refractivity contribution in [3.63, 3.8) is 0 Å². The van der Waals surface area contributed by atoms with Gasteiger partial charge in [0.1, 0.15) is 11.6 Å². The number of methoxy groups -OCH3 is 1. The third kappa shape index (κ3) is 3.67. The van der Waals surface area contributed by atoms with Crippen LogP contribution in [0, 0.1) is 12.7 Å². The lowest BCUT2D eigenvalue weighted by atomic mass is 10.1. The van der Waals surface area contributed by atoms with Gasteiger partial charge < -0.3 is 14.5 Å². The lowest BCUT2D eigenvalue weighted by Crippen LogP contribution is -2.23. The van der Waals surface area contributed by atoms with Crippen LogP contribution in [-0.2, 0) is 6.54 Å². The van der Waals surface area contributed by atoms with Gasteiger partial charge in [-0.3, -0.25) is 9.78 Å². The Hall–Kier alpha value is -3.74. The zero-order valence-corrected chi connectivity index (χ0v) is 15.9. The lowest BCUT2D eigenvalue weighted by Gasteiger charge is -2.08. The summed E-state index contributed by atoms with van der Waals surface area (Å²) in [6.45, 7) is 2.18. The van der Waals surface area contributed by atoms with E-state index in [1.807, 2.05) is 25.1 Å². The average molecular weight is 391 g/mol. The Bertz CT molecular complexity index is 1200. The molecule has 2 heterocycles. The van der Waals surface area contributed by atoms with Gasteiger partial charge >= 0.3 is 0 Å². The molecule has 7 heteroatoms. The van der Waals surface area contributed by atoms with Crippen molar-refractivity contribution < 1.29 is 18.3 Å². The fraction of sp³-hybridized carbons (Fsp3) is 0.136. The van der Waals surface area contributed by atoms with E-state index < -0.39 is 0 Å². The predicted octanol–water partition coefficient (Wildman–Crippen LogP) is 4.28. The number of nitrogens with zero attached hydrogens (tertiary/aromatic N) is 2. The molecule has 4 rings (SSSR count). The van der Waals surface area contributed by atoms with E-state index in [1.165, 1.54) is 12.6 Å². The summed E-state index contributed by atoms with van der Waals surface area (Å²) in [6.07, 6.45) is 4.01. The van der Waals surface area contributed by atoms with Gasteiger partial charge in [0, 0.05) is 29.1 Å². The van der Waals surface area contributed by atoms with Crippen molar-refractivity contribution >= 4 is 16.7 Å². The minimum absolute atomic E-state index is 0.197. The van der Waals surface area contributed by atoms with Crippen molar-refractivity contribution in [2.75, 3.05) is 7.11 Å². The molecule has 2 aromatic heterocycles. The van der Waals surface area contributed by atoms with E-state index in [4.69, 9.17) is 9.15 Å². The summed E-state index contributed by atoms with van der Waals surface area (Å²) in [7, 11) is 1.60. The number of halogens is 1. The Labute approximate surface area is 166 Å². The quantitative estimate of drug-likeness (QED) is 0.550. The van der Waals surface area contributed by atoms with Crippen LogP contribution in [0.5, 0.6) is 5.75 Å². The van der Waals surface area contributed by atoms with E-state index in [2.05, 4.69) is 15.3 Å². The van der Waals surface area contributed by atoms with Crippen LogP contribution in [0.25, 0.3) is 22.1 Å². The molecular formula is C22H18FN3O3. The van der Waals surface area contributed by atoms with Gasteiger partial charge in [0.15, 0.2) is 17.8 Å². The molecule has 0 fully saturated rings. The minimum Gasteiger partial charge on any atom is -0.496 e. The predicted molar refractivity (Wildman–Crippen MR) is 106 cm³/mol. The van der Waals surface area contributed by atoms with E-state index in [9.17, 15) is 9.18 Å². The van der Waals surface area contributed by atoms with Gasteiger partial charge in [-0.05, 0) is 42.3 Å². The van der Waals surface area contributed by atoms with Crippen LogP contribution in [0.2, 0.25) is 0 Å². The molecule has 0 saturated carbocycles. The van der Waals surface area contributed by atoms with E-state index in [0.29, 0.717) is 16.5 Å². The molecule has 2 aromatic carbocycles. The minimum atomic E-state index is -0.375. The second kappa shape index (κ2) is 7.71. The van der Waals surface area contributed by atoms with Gasteiger partial charge in [-0.15, -0.1) is 0 Å². The second-order valence-corrected chi connectivity index (χ2v) is 6.57. The van der Waals surface area contributed by atoms with Crippen molar-refractivity contribution in [3.05, 3.63) is 77.8 Å². The largest absolute Gasteiger partial charge is 0.496 e. The Morgan fingerprint density at radius 3 is 2.86 bits per heavy atom. The Morgan fingerprint density at radius 2 is 2.07 bits per heavy atom. The number of fused-ring (bicyclic) bond motifs is 1. The number of aryl methyl sites for hydroxylation is 1. The molecule has 1 N–H and O–H groups in total. The van der Waals surface area contributed by atoms with E-state index in [0.717, 1.165) is 22.4 Å². The number of aromatic nitrogens is 2. The number of benzene rings is 2. The van der Waals surface area contributed by atoms with E-state index in [1.54, 1.807) is 31.5 Å². The molecular weight excluding hydrogens is 373 g/mol. The highest BCUT2D eigenvalue weighted by Crippen LogP contribution is 2.28. The van der Waals surface area contributed by atoms with E-state index in [-0.39, 0.29) is 24.0 Å². The Morgan fingerprint density at radius 1 is 1.21 bits per heavy atom. The first-order valence-electron chi connectivity index (χ1n) is 8.95. The van der Waals surface area contributed by atoms with Crippen molar-refractivity contribution in [1.29, 1.82) is 0 Å². The topological polar surface area (TPSA) is 77.2 Å². The van der Waals surface area contributed by atoms with Gasteiger partial charge in [0.2, 0.25) is 0 Å². The number of nitrogens with one attached hydrogen (secondary N) is 1. The first-order valence-corrected chi connectivity index (χ1v) is 8.95. The zero-order valence-electron chi connectivity index (χ0n) is 15.9. The molecule has 0 aliphatic rings. The first kappa shape index (κ1) is 18.6. The fourth-order valence-corrected chi connectivity index (χ4v) is 3.20. The molecule has 0 radical (unpaired) electrons. The third-order valence-corrected chi connectivity index (χ3v) is 4.67. The van der Waals surface area contributed by atoms with Crippen LogP contribution < -0.4 is 10.1 Å². The molecule has 0 spiro atoms. The molecule has 0 saturated heterocycles. The van der Waals surface area contributed by atoms with Gasteiger partial charge in [-0.25, -0.2) is 9.37 Å². The molecule has 146 valence electrons. The standard InChI is InChI=1S/C22H18FN3O3/c1-13-7-15(4-6-19(13)28-2)21-20(26-12-29-21)22(27)25-9-14-3-5-17-16(8-14)10-24-11-18(17)23/h3-8,10-12H,9H2,1-2H3,(H,25,27). The molecule has 0 aliphatic carbocycles. The maximum absolute atomic E-state index is 13.7. The molecule has 0 aliphatic heterocycles. The van der Waals surface area contributed by atoms with E-state index >= 15 is 0 Å². The van der Waals surface area contributed by atoms with Crippen molar-refractivity contribution in [2.45, 2.75) is 13.5 Å². The Kier molecular flexibility index (Phi) is 4.95. The highest BCUT2D eigenvalue weighted by atomic mass is 19.1. The van der Waals surface area contributed by atoms with Gasteiger partial charge in [0.25, 0.3) is 5.91 Å². The molecule has 1 amide bonds. The van der Waals surface area contributed by atoms with Crippen molar-refractivity contribution in [1.82, 2.24) is 15.3 Å². The number of rotatable bonds is 5. The average Bonchev–Trinajstić information content (AvgIpc) is 3.22. The third-order valence-electron chi connectivity index (χ3n) is 4.67. The Balaban J connectivity index is 1.53. The fourth-order valence-electron chi connectivity index (χ4n) is 3.20. The summed E-state index contributed by atoms with van der Waals surface area (Å²) >= 11 is 0. The summed E-state index contributed by atoms with van der Waals surface area (Å²) in [5.41, 5.74) is 2.68. The summed E-state index contributed by atoms with van der Waals surface area (Å²) in [4.78, 5) is 20.6. The van der Waals surface area contributed by atoms with Crippen LogP contribution in [0.15, 0.2) is 59.6 Å². The van der Waals surface area contributed by atoms with Crippen molar-refractivity contribution in [2.24, 2.45) is 0 Å². The number of amides is 1. The molecule has 0 unspecified atom stereocenters. The van der Waals surface area contributed by atoms with Crippen LogP contribution in [0.4, 0.5) is 4.39 Å². The summed E-state index contributed by atoms with van der Waals surface area (Å²) in [6, 6.07) is 10.7. The molecule has 6 nitrogen and oxygen atoms in total. The normalized spacial score (nSPS) is 10.9. The number of ether oxygens (including phenoxy) is 1. The number of carbonyl (C=O) groups excluding carboxylic acids is 1. The van der Waals surface area contributed by atoms with Gasteiger partial charge in [-0.2, -0.15) is 0 Å². The number of carbonyl (C=O) groups is 1. The number of pyridine rings is 1. The first-order chi connectivity index (χ1) is 14.1. The van der Waals surface area contributed by atoms with Gasteiger partial charge in [-0.1, -0.05) is 12.1 Å². The molecule has 29 heavy (non-hydrogen) atoms. The van der Waals surface area contributed by atoms with Crippen LogP contribution in [0.1, 0.15) is 21.6 Å². The maximum Gasteiger partial charge on any atom is 0.274 e. The molecule has 0 atom stereocenters. The van der Waals surface area contributed by atoms with Crippen LogP contribution >= 0.6 is 0 Å². The highest BCUT2D eigenvalue weighted by molar-refractivity contribution is 5.97. The molecule has 4 aromatic rings. The number of oxazole rings is 1. The van der Waals surface area contributed by atoms with Crippen molar-refractivity contribution in [3.8, 4) is 17.1 Å². The summed E-state index contributed by atoms with van der Waals surface area (Å²) in [5, 5.41) is 3.99. The zero-order chi connectivity index (χ0) is 20.4. The van der Waals surface area contributed by atoms with Crippen LogP contribution in [-0.4, -0.2) is 23.0 Å². The summed E-state index contributed by atoms with van der Waals surface area (Å²) < 4.78 is 24.5. The van der Waals surface area contributed by atoms with Gasteiger partial charge in [0.05, 0.1) is 13.3 Å². The second-order valence-electron chi connectivity index (χ2n) is 6.57. The smallest absolute Gasteiger partial charge is 0.274 e. The highest BCUT2D eigenvalue weighted by Gasteiger charge is 2.19. The number of hydrogen-bond acceptors (Lipinski definition) is 5. The monoisotopic (exact) mass is 391 g/mol. The number of hydrogen-bond donors (Lipinski definition) is 1. The molecule has 0 bridgehead atoms. The maximum atomic E-state index is 13.7. The SMILES string of the molecule is COc1ccc(-c2ocnc2C(=O)NCc2ccc3c(F)cncc3c2)cc1C. The summed E-state index contributed by atoms with van der Waals surface area (Å²) in [5.74, 6) is 0.402. The lowest BCUT2D eigenvalue weighted by molar-refractivity contribution is 0.0947.